The fraction of sp³-hybridized carbons (Fsp3) is 0.133. The molecule has 0 atom stereocenters. The van der Waals surface area contributed by atoms with Crippen LogP contribution in [0.15, 0.2) is 42.5 Å². The molecule has 3 nitrogen and oxygen atoms in total. The van der Waals surface area contributed by atoms with Crippen molar-refractivity contribution in [1.82, 2.24) is 9.55 Å². The number of aromatic nitrogens is 2. The number of nitrogens with one attached hydrogen (secondary N) is 1. The maximum atomic E-state index is 13.3. The van der Waals surface area contributed by atoms with Crippen LogP contribution in [-0.4, -0.2) is 16.6 Å². The number of nitrogens with zero attached hydrogens (tertiary/aromatic N) is 2. The average molecular weight is 255 g/mol. The van der Waals surface area contributed by atoms with Gasteiger partial charge in [0, 0.05) is 25.3 Å². The van der Waals surface area contributed by atoms with Gasteiger partial charge in [-0.3, -0.25) is 0 Å². The van der Waals surface area contributed by atoms with E-state index in [-0.39, 0.29) is 5.82 Å². The van der Waals surface area contributed by atoms with Crippen LogP contribution in [0.1, 0.15) is 0 Å². The van der Waals surface area contributed by atoms with Crippen molar-refractivity contribution in [3.8, 4) is 11.4 Å². The quantitative estimate of drug-likeness (QED) is 0.760. The molecule has 0 unspecified atom stereocenters. The molecule has 0 amide bonds. The Morgan fingerprint density at radius 3 is 2.53 bits per heavy atom. The Balaban J connectivity index is 2.16. The van der Waals surface area contributed by atoms with Gasteiger partial charge in [-0.15, -0.1) is 0 Å². The molecule has 0 aliphatic heterocycles. The molecule has 1 aromatic heterocycles. The lowest BCUT2D eigenvalue weighted by Gasteiger charge is -2.04. The first kappa shape index (κ1) is 11.7. The van der Waals surface area contributed by atoms with E-state index in [1.54, 1.807) is 6.07 Å². The van der Waals surface area contributed by atoms with E-state index in [0.29, 0.717) is 0 Å². The molecular formula is C15H14FN3. The largest absolute Gasteiger partial charge is 0.388 e. The zero-order valence-electron chi connectivity index (χ0n) is 10.8. The summed E-state index contributed by atoms with van der Waals surface area (Å²) in [6, 6.07) is 12.6. The Hall–Kier alpha value is -2.36. The smallest absolute Gasteiger partial charge is 0.140 e. The fourth-order valence-electron chi connectivity index (χ4n) is 2.21. The number of halogens is 1. The highest BCUT2D eigenvalue weighted by molar-refractivity contribution is 5.80. The van der Waals surface area contributed by atoms with Gasteiger partial charge in [0.25, 0.3) is 0 Å². The second-order valence-corrected chi connectivity index (χ2v) is 4.45. The van der Waals surface area contributed by atoms with E-state index in [1.807, 2.05) is 42.9 Å². The minimum absolute atomic E-state index is 0.243. The molecule has 0 radical (unpaired) electrons. The van der Waals surface area contributed by atoms with Crippen LogP contribution in [-0.2, 0) is 7.05 Å². The topological polar surface area (TPSA) is 29.9 Å². The highest BCUT2D eigenvalue weighted by Gasteiger charge is 2.10. The Labute approximate surface area is 110 Å². The summed E-state index contributed by atoms with van der Waals surface area (Å²) < 4.78 is 15.2. The highest BCUT2D eigenvalue weighted by Crippen LogP contribution is 2.25. The minimum Gasteiger partial charge on any atom is -0.388 e. The van der Waals surface area contributed by atoms with Crippen LogP contribution < -0.4 is 5.32 Å². The summed E-state index contributed by atoms with van der Waals surface area (Å²) in [6.07, 6.45) is 0. The summed E-state index contributed by atoms with van der Waals surface area (Å²) in [4.78, 5) is 4.55. The molecule has 0 aliphatic rings. The molecule has 2 aromatic carbocycles. The van der Waals surface area contributed by atoms with Crippen molar-refractivity contribution in [2.24, 2.45) is 7.05 Å². The van der Waals surface area contributed by atoms with Gasteiger partial charge >= 0.3 is 0 Å². The Bertz CT molecular complexity index is 729. The SMILES string of the molecule is CNc1ccc(-c2nc3ccc(F)cc3n2C)cc1. The number of rotatable bonds is 2. The minimum atomic E-state index is -0.243. The van der Waals surface area contributed by atoms with Gasteiger partial charge in [-0.2, -0.15) is 0 Å². The second kappa shape index (κ2) is 4.39. The second-order valence-electron chi connectivity index (χ2n) is 4.45. The van der Waals surface area contributed by atoms with Crippen LogP contribution in [0.25, 0.3) is 22.4 Å². The summed E-state index contributed by atoms with van der Waals surface area (Å²) >= 11 is 0. The van der Waals surface area contributed by atoms with Gasteiger partial charge in [0.2, 0.25) is 0 Å². The van der Waals surface area contributed by atoms with E-state index in [1.165, 1.54) is 12.1 Å². The van der Waals surface area contributed by atoms with Crippen molar-refractivity contribution in [2.45, 2.75) is 0 Å². The number of fused-ring (bicyclic) bond motifs is 1. The summed E-state index contributed by atoms with van der Waals surface area (Å²) in [5.41, 5.74) is 3.66. The standard InChI is InChI=1S/C15H14FN3/c1-17-12-6-3-10(4-7-12)15-18-13-8-5-11(16)9-14(13)19(15)2/h3-9,17H,1-2H3. The molecule has 3 aromatic rings. The van der Waals surface area contributed by atoms with Gasteiger partial charge in [-0.05, 0) is 42.5 Å². The van der Waals surface area contributed by atoms with Crippen molar-refractivity contribution >= 4 is 16.7 Å². The number of imidazole rings is 1. The van der Waals surface area contributed by atoms with Gasteiger partial charge in [-0.1, -0.05) is 0 Å². The molecule has 3 rings (SSSR count). The van der Waals surface area contributed by atoms with Gasteiger partial charge < -0.3 is 9.88 Å². The predicted molar refractivity (Wildman–Crippen MR) is 75.7 cm³/mol. The zero-order valence-corrected chi connectivity index (χ0v) is 10.8. The molecule has 0 fully saturated rings. The monoisotopic (exact) mass is 255 g/mol. The van der Waals surface area contributed by atoms with E-state index >= 15 is 0 Å². The Morgan fingerprint density at radius 2 is 1.84 bits per heavy atom. The molecule has 0 bridgehead atoms. The maximum absolute atomic E-state index is 13.3. The van der Waals surface area contributed by atoms with Gasteiger partial charge in [0.05, 0.1) is 11.0 Å². The van der Waals surface area contributed by atoms with Gasteiger partial charge in [-0.25, -0.2) is 9.37 Å². The lowest BCUT2D eigenvalue weighted by atomic mass is 10.2. The maximum Gasteiger partial charge on any atom is 0.140 e. The zero-order chi connectivity index (χ0) is 13.4. The molecule has 1 N–H and O–H groups in total. The molecule has 0 saturated carbocycles. The third-order valence-electron chi connectivity index (χ3n) is 3.27. The van der Waals surface area contributed by atoms with Crippen LogP contribution in [0.4, 0.5) is 10.1 Å². The van der Waals surface area contributed by atoms with Crippen molar-refractivity contribution in [3.63, 3.8) is 0 Å². The third kappa shape index (κ3) is 1.95. The summed E-state index contributed by atoms with van der Waals surface area (Å²) in [6.45, 7) is 0. The number of hydrogen-bond donors (Lipinski definition) is 1. The molecule has 0 aliphatic carbocycles. The van der Waals surface area contributed by atoms with E-state index < -0.39 is 0 Å². The number of hydrogen-bond acceptors (Lipinski definition) is 2. The van der Waals surface area contributed by atoms with Crippen LogP contribution in [0, 0.1) is 5.82 Å². The first-order valence-corrected chi connectivity index (χ1v) is 6.09. The lowest BCUT2D eigenvalue weighted by Crippen LogP contribution is -1.93. The summed E-state index contributed by atoms with van der Waals surface area (Å²) in [5.74, 6) is 0.593. The predicted octanol–water partition coefficient (Wildman–Crippen LogP) is 3.42. The summed E-state index contributed by atoms with van der Waals surface area (Å²) in [7, 11) is 3.78. The van der Waals surface area contributed by atoms with Crippen molar-refractivity contribution < 1.29 is 4.39 Å². The fourth-order valence-corrected chi connectivity index (χ4v) is 2.21. The van der Waals surface area contributed by atoms with Crippen LogP contribution >= 0.6 is 0 Å². The first-order valence-electron chi connectivity index (χ1n) is 6.09. The lowest BCUT2D eigenvalue weighted by molar-refractivity contribution is 0.629. The number of aryl methyl sites for hydroxylation is 1. The Kier molecular flexibility index (Phi) is 2.71. The number of anilines is 1. The van der Waals surface area contributed by atoms with E-state index in [9.17, 15) is 4.39 Å². The van der Waals surface area contributed by atoms with Crippen LogP contribution in [0.3, 0.4) is 0 Å². The van der Waals surface area contributed by atoms with Crippen molar-refractivity contribution in [3.05, 3.63) is 48.3 Å². The van der Waals surface area contributed by atoms with Crippen molar-refractivity contribution in [2.75, 3.05) is 12.4 Å². The number of benzene rings is 2. The normalized spacial score (nSPS) is 10.9. The third-order valence-corrected chi connectivity index (χ3v) is 3.27. The van der Waals surface area contributed by atoms with E-state index in [2.05, 4.69) is 10.3 Å². The van der Waals surface area contributed by atoms with E-state index in [4.69, 9.17) is 0 Å². The van der Waals surface area contributed by atoms with Crippen molar-refractivity contribution in [1.29, 1.82) is 0 Å². The van der Waals surface area contributed by atoms with Crippen LogP contribution in [0.5, 0.6) is 0 Å². The van der Waals surface area contributed by atoms with Gasteiger partial charge in [0.15, 0.2) is 0 Å². The molecular weight excluding hydrogens is 241 g/mol. The first-order chi connectivity index (χ1) is 9.19. The van der Waals surface area contributed by atoms with E-state index in [0.717, 1.165) is 28.1 Å². The molecule has 1 heterocycles. The molecule has 19 heavy (non-hydrogen) atoms. The molecule has 0 spiro atoms. The average Bonchev–Trinajstić information content (AvgIpc) is 2.76. The summed E-state index contributed by atoms with van der Waals surface area (Å²) in [5, 5.41) is 3.08. The molecule has 96 valence electrons. The Morgan fingerprint density at radius 1 is 1.11 bits per heavy atom. The highest BCUT2D eigenvalue weighted by atomic mass is 19.1. The molecule has 0 saturated heterocycles. The molecule has 4 heteroatoms. The van der Waals surface area contributed by atoms with Crippen LogP contribution in [0.2, 0.25) is 0 Å². The van der Waals surface area contributed by atoms with Gasteiger partial charge in [0.1, 0.15) is 11.6 Å².